The molecule has 1 amide bonds. The van der Waals surface area contributed by atoms with Gasteiger partial charge in [0.05, 0.1) is 10.7 Å². The van der Waals surface area contributed by atoms with Gasteiger partial charge in [-0.3, -0.25) is 9.79 Å². The lowest BCUT2D eigenvalue weighted by Crippen LogP contribution is -2.37. The molecule has 0 aliphatic heterocycles. The maximum absolute atomic E-state index is 12.1. The van der Waals surface area contributed by atoms with Gasteiger partial charge in [0.15, 0.2) is 5.96 Å². The normalized spacial score (nSPS) is 10.9. The number of aliphatic imine (C=N–C) groups is 1. The number of nitrogens with one attached hydrogen (secondary N) is 3. The molecule has 0 atom stereocenters. The molecule has 2 rings (SSSR count). The summed E-state index contributed by atoms with van der Waals surface area (Å²) in [5, 5.41) is 10.6. The van der Waals surface area contributed by atoms with Crippen LogP contribution in [0.4, 0.5) is 0 Å². The van der Waals surface area contributed by atoms with E-state index in [0.29, 0.717) is 18.7 Å². The predicted octanol–water partition coefficient (Wildman–Crippen LogP) is 3.43. The van der Waals surface area contributed by atoms with Gasteiger partial charge in [-0.1, -0.05) is 19.1 Å². The molecule has 0 fully saturated rings. The number of halogens is 1. The van der Waals surface area contributed by atoms with E-state index in [1.165, 1.54) is 4.88 Å². The minimum absolute atomic E-state index is 0. The third kappa shape index (κ3) is 7.75. The van der Waals surface area contributed by atoms with Crippen molar-refractivity contribution < 1.29 is 4.79 Å². The highest BCUT2D eigenvalue weighted by atomic mass is 127. The number of aryl methyl sites for hydroxylation is 2. The molecule has 0 radical (unpaired) electrons. The van der Waals surface area contributed by atoms with E-state index in [-0.39, 0.29) is 29.9 Å². The van der Waals surface area contributed by atoms with E-state index >= 15 is 0 Å². The highest BCUT2D eigenvalue weighted by Crippen LogP contribution is 2.16. The number of thiazole rings is 1. The first-order valence-corrected chi connectivity index (χ1v) is 10.1. The lowest BCUT2D eigenvalue weighted by atomic mass is 10.1. The lowest BCUT2D eigenvalue weighted by Gasteiger charge is -2.12. The number of hydrogen-bond acceptors (Lipinski definition) is 4. The maximum Gasteiger partial charge on any atom is 0.251 e. The van der Waals surface area contributed by atoms with Gasteiger partial charge >= 0.3 is 0 Å². The third-order valence-corrected chi connectivity index (χ3v) is 5.25. The number of benzene rings is 1. The highest BCUT2D eigenvalue weighted by Gasteiger charge is 2.07. The summed E-state index contributed by atoms with van der Waals surface area (Å²) >= 11 is 1.74. The molecular formula is C20H30IN5OS. The highest BCUT2D eigenvalue weighted by molar-refractivity contribution is 14.0. The van der Waals surface area contributed by atoms with E-state index in [9.17, 15) is 4.79 Å². The summed E-state index contributed by atoms with van der Waals surface area (Å²) in [6.45, 7) is 8.24. The second-order valence-corrected chi connectivity index (χ2v) is 7.60. The molecule has 3 N–H and O–H groups in total. The third-order valence-electron chi connectivity index (χ3n) is 4.11. The van der Waals surface area contributed by atoms with Crippen molar-refractivity contribution in [3.8, 4) is 0 Å². The molecule has 154 valence electrons. The van der Waals surface area contributed by atoms with E-state index in [2.05, 4.69) is 32.9 Å². The Morgan fingerprint density at radius 2 is 1.96 bits per heavy atom. The smallest absolute Gasteiger partial charge is 0.251 e. The number of aromatic nitrogens is 1. The summed E-state index contributed by atoms with van der Waals surface area (Å²) in [6.07, 6.45) is 1.79. The van der Waals surface area contributed by atoms with Gasteiger partial charge in [-0.15, -0.1) is 35.3 Å². The minimum atomic E-state index is -0.0322. The second-order valence-electron chi connectivity index (χ2n) is 6.31. The molecule has 1 aromatic carbocycles. The van der Waals surface area contributed by atoms with Crippen LogP contribution >= 0.6 is 35.3 Å². The standard InChI is InChI=1S/C20H29N5OS.HI/c1-5-10-22-19(26)17-8-6-7-16(12-17)13-24-20(21-4)23-11-9-18-25-14(2)15(3)27-18;/h6-8,12H,5,9-11,13H2,1-4H3,(H,22,26)(H2,21,23,24);1H. The van der Waals surface area contributed by atoms with Crippen molar-refractivity contribution in [1.82, 2.24) is 20.9 Å². The van der Waals surface area contributed by atoms with Crippen LogP contribution in [0.2, 0.25) is 0 Å². The predicted molar refractivity (Wildman–Crippen MR) is 128 cm³/mol. The van der Waals surface area contributed by atoms with Crippen LogP contribution in [0.3, 0.4) is 0 Å². The molecule has 28 heavy (non-hydrogen) atoms. The van der Waals surface area contributed by atoms with Crippen molar-refractivity contribution in [2.45, 2.75) is 40.2 Å². The molecule has 0 spiro atoms. The van der Waals surface area contributed by atoms with Crippen molar-refractivity contribution in [3.05, 3.63) is 51.0 Å². The number of rotatable bonds is 8. The molecule has 1 aromatic heterocycles. The van der Waals surface area contributed by atoms with Crippen LogP contribution in [0.15, 0.2) is 29.3 Å². The van der Waals surface area contributed by atoms with Crippen molar-refractivity contribution >= 4 is 47.2 Å². The molecule has 0 saturated carbocycles. The van der Waals surface area contributed by atoms with Crippen molar-refractivity contribution in [3.63, 3.8) is 0 Å². The van der Waals surface area contributed by atoms with Gasteiger partial charge in [-0.05, 0) is 38.0 Å². The molecule has 0 aliphatic rings. The van der Waals surface area contributed by atoms with Crippen LogP contribution in [0.1, 0.15) is 44.8 Å². The van der Waals surface area contributed by atoms with Gasteiger partial charge in [0.25, 0.3) is 5.91 Å². The largest absolute Gasteiger partial charge is 0.356 e. The number of nitrogens with zero attached hydrogens (tertiary/aromatic N) is 2. The summed E-state index contributed by atoms with van der Waals surface area (Å²) < 4.78 is 0. The van der Waals surface area contributed by atoms with Crippen molar-refractivity contribution in [2.24, 2.45) is 4.99 Å². The molecule has 0 unspecified atom stereocenters. The summed E-state index contributed by atoms with van der Waals surface area (Å²) in [5.41, 5.74) is 2.83. The van der Waals surface area contributed by atoms with Crippen molar-refractivity contribution in [2.75, 3.05) is 20.1 Å². The summed E-state index contributed by atoms with van der Waals surface area (Å²) in [4.78, 5) is 22.2. The summed E-state index contributed by atoms with van der Waals surface area (Å²) in [5.74, 6) is 0.705. The zero-order valence-corrected chi connectivity index (χ0v) is 20.1. The van der Waals surface area contributed by atoms with Gasteiger partial charge in [0, 0.05) is 43.5 Å². The molecule has 8 heteroatoms. The van der Waals surface area contributed by atoms with E-state index in [4.69, 9.17) is 0 Å². The molecule has 0 aliphatic carbocycles. The molecule has 1 heterocycles. The molecule has 0 bridgehead atoms. The van der Waals surface area contributed by atoms with Gasteiger partial charge in [-0.25, -0.2) is 4.98 Å². The van der Waals surface area contributed by atoms with Gasteiger partial charge < -0.3 is 16.0 Å². The zero-order valence-electron chi connectivity index (χ0n) is 17.0. The second kappa shape index (κ2) is 12.7. The Hall–Kier alpha value is -1.68. The quantitative estimate of drug-likeness (QED) is 0.286. The molecule has 6 nitrogen and oxygen atoms in total. The summed E-state index contributed by atoms with van der Waals surface area (Å²) in [7, 11) is 1.75. The van der Waals surface area contributed by atoms with E-state index < -0.39 is 0 Å². The van der Waals surface area contributed by atoms with Crippen LogP contribution < -0.4 is 16.0 Å². The fourth-order valence-corrected chi connectivity index (χ4v) is 3.44. The Labute approximate surface area is 188 Å². The number of carbonyl (C=O) groups excluding carboxylic acids is 1. The first kappa shape index (κ1) is 24.4. The van der Waals surface area contributed by atoms with Gasteiger partial charge in [0.2, 0.25) is 0 Å². The van der Waals surface area contributed by atoms with Crippen molar-refractivity contribution in [1.29, 1.82) is 0 Å². The first-order chi connectivity index (χ1) is 13.0. The number of carbonyl (C=O) groups is 1. The Bertz CT molecular complexity index is 771. The Morgan fingerprint density at radius 1 is 1.18 bits per heavy atom. The van der Waals surface area contributed by atoms with Crippen LogP contribution in [0.25, 0.3) is 0 Å². The lowest BCUT2D eigenvalue weighted by molar-refractivity contribution is 0.0953. The fourth-order valence-electron chi connectivity index (χ4n) is 2.50. The zero-order chi connectivity index (χ0) is 19.6. The Morgan fingerprint density at radius 3 is 2.61 bits per heavy atom. The average Bonchev–Trinajstić information content (AvgIpc) is 3.00. The van der Waals surface area contributed by atoms with Crippen LogP contribution in [-0.2, 0) is 13.0 Å². The van der Waals surface area contributed by atoms with Crippen LogP contribution in [0.5, 0.6) is 0 Å². The van der Waals surface area contributed by atoms with E-state index in [1.807, 2.05) is 38.1 Å². The van der Waals surface area contributed by atoms with Gasteiger partial charge in [0.1, 0.15) is 0 Å². The number of guanidine groups is 1. The Kier molecular flexibility index (Phi) is 11.1. The monoisotopic (exact) mass is 515 g/mol. The van der Waals surface area contributed by atoms with Crippen LogP contribution in [0, 0.1) is 13.8 Å². The van der Waals surface area contributed by atoms with Crippen LogP contribution in [-0.4, -0.2) is 37.0 Å². The molecular weight excluding hydrogens is 485 g/mol. The van der Waals surface area contributed by atoms with E-state index in [0.717, 1.165) is 41.6 Å². The summed E-state index contributed by atoms with van der Waals surface area (Å²) in [6, 6.07) is 7.64. The fraction of sp³-hybridized carbons (Fsp3) is 0.450. The molecule has 0 saturated heterocycles. The maximum atomic E-state index is 12.1. The average molecular weight is 515 g/mol. The number of amides is 1. The van der Waals surface area contributed by atoms with Gasteiger partial charge in [-0.2, -0.15) is 0 Å². The first-order valence-electron chi connectivity index (χ1n) is 9.28. The molecule has 2 aromatic rings. The van der Waals surface area contributed by atoms with E-state index in [1.54, 1.807) is 18.4 Å². The minimum Gasteiger partial charge on any atom is -0.356 e. The Balaban J connectivity index is 0.00000392. The number of hydrogen-bond donors (Lipinski definition) is 3. The SMILES string of the molecule is CCCNC(=O)c1cccc(CNC(=NC)NCCc2nc(C)c(C)s2)c1.I. The topological polar surface area (TPSA) is 78.4 Å².